The molecule has 1 saturated heterocycles. The number of likely N-dealkylation sites (tertiary alicyclic amines) is 1. The second-order valence-corrected chi connectivity index (χ2v) is 10.5. The van der Waals surface area contributed by atoms with Crippen LogP contribution in [0.4, 0.5) is 10.6 Å². The molecule has 1 aromatic carbocycles. The van der Waals surface area contributed by atoms with E-state index in [2.05, 4.69) is 9.97 Å². The Morgan fingerprint density at radius 3 is 2.61 bits per heavy atom. The quantitative estimate of drug-likeness (QED) is 0.311. The zero-order valence-corrected chi connectivity index (χ0v) is 22.0. The fraction of sp³-hybridized carbons (Fsp3) is 0.333. The van der Waals surface area contributed by atoms with Crippen LogP contribution in [0.1, 0.15) is 33.2 Å². The predicted octanol–water partition coefficient (Wildman–Crippen LogP) is 3.24. The Balaban J connectivity index is 1.56. The normalized spacial score (nSPS) is 16.1. The summed E-state index contributed by atoms with van der Waals surface area (Å²) in [6.45, 7) is 6.45. The van der Waals surface area contributed by atoms with Gasteiger partial charge in [0, 0.05) is 49.7 Å². The van der Waals surface area contributed by atoms with E-state index in [1.807, 2.05) is 45.0 Å². The summed E-state index contributed by atoms with van der Waals surface area (Å²) in [5.74, 6) is 6.46. The Morgan fingerprint density at radius 2 is 1.92 bits per heavy atom. The summed E-state index contributed by atoms with van der Waals surface area (Å²) >= 11 is 0. The number of fused-ring (bicyclic) bond motifs is 3. The van der Waals surface area contributed by atoms with Crippen LogP contribution in [0.3, 0.4) is 0 Å². The molecule has 0 radical (unpaired) electrons. The average molecular weight is 517 g/mol. The molecule has 4 aromatic rings. The first-order valence-corrected chi connectivity index (χ1v) is 12.4. The van der Waals surface area contributed by atoms with Crippen LogP contribution in [0.25, 0.3) is 33.1 Å². The smallest absolute Gasteiger partial charge is 0.410 e. The number of carbonyl (C=O) groups excluding carboxylic acids is 1. The summed E-state index contributed by atoms with van der Waals surface area (Å²) in [5, 5.41) is 2.19. The lowest BCUT2D eigenvalue weighted by molar-refractivity contribution is 0.0289. The molecule has 198 valence electrons. The molecule has 1 amide bonds. The number of anilines is 1. The molecular formula is C27H32N8O3. The molecular weight excluding hydrogens is 484 g/mol. The van der Waals surface area contributed by atoms with Crippen LogP contribution in [0.5, 0.6) is 0 Å². The lowest BCUT2D eigenvalue weighted by atomic mass is 10.0. The number of nitrogens with two attached hydrogens (primary N) is 2. The van der Waals surface area contributed by atoms with E-state index < -0.39 is 5.60 Å². The maximum atomic E-state index is 13.5. The third-order valence-corrected chi connectivity index (χ3v) is 6.69. The monoisotopic (exact) mass is 516 g/mol. The number of aromatic nitrogens is 4. The van der Waals surface area contributed by atoms with E-state index in [0.717, 1.165) is 33.1 Å². The molecule has 1 aliphatic rings. The lowest BCUT2D eigenvalue weighted by Crippen LogP contribution is -2.36. The van der Waals surface area contributed by atoms with Crippen molar-refractivity contribution in [2.75, 3.05) is 18.1 Å². The van der Waals surface area contributed by atoms with Gasteiger partial charge >= 0.3 is 11.8 Å². The number of ether oxygens (including phenoxy) is 1. The van der Waals surface area contributed by atoms with E-state index in [1.54, 1.807) is 39.5 Å². The minimum absolute atomic E-state index is 0.141. The molecule has 11 nitrogen and oxygen atoms in total. The number of amides is 1. The summed E-state index contributed by atoms with van der Waals surface area (Å²) < 4.78 is 8.98. The summed E-state index contributed by atoms with van der Waals surface area (Å²) in [4.78, 5) is 36.9. The van der Waals surface area contributed by atoms with Crippen molar-refractivity contribution in [2.24, 2.45) is 18.6 Å². The molecule has 1 atom stereocenters. The summed E-state index contributed by atoms with van der Waals surface area (Å²) in [5.41, 5.74) is 8.81. The van der Waals surface area contributed by atoms with Crippen molar-refractivity contribution in [1.29, 1.82) is 0 Å². The van der Waals surface area contributed by atoms with Gasteiger partial charge in [0.2, 0.25) is 0 Å². The van der Waals surface area contributed by atoms with Gasteiger partial charge in [0.05, 0.1) is 28.8 Å². The highest BCUT2D eigenvalue weighted by Gasteiger charge is 2.33. The molecule has 0 spiro atoms. The highest BCUT2D eigenvalue weighted by molar-refractivity contribution is 6.04. The maximum absolute atomic E-state index is 13.5. The standard InChI is InChI=1S/C27H32N8O3/c1-27(2,3)38-26(37)33-11-9-19(16-33)35-24-20-13-17(18-6-8-23(31-14-18)34(29)12-10-28)5-7-21(20)30-15-22(24)32(4)25(35)36/h5-8,10,12-15,19H,9,11,16,28-29H2,1-4H3/b12-10-. The molecule has 3 aromatic heterocycles. The van der Waals surface area contributed by atoms with Gasteiger partial charge in [-0.15, -0.1) is 0 Å². The molecule has 4 N–H and O–H groups in total. The first-order chi connectivity index (χ1) is 18.1. The fourth-order valence-corrected chi connectivity index (χ4v) is 4.87. The van der Waals surface area contributed by atoms with Crippen molar-refractivity contribution in [3.63, 3.8) is 0 Å². The number of hydrogen-bond donors (Lipinski definition) is 2. The van der Waals surface area contributed by atoms with E-state index in [4.69, 9.17) is 16.3 Å². The Morgan fingerprint density at radius 1 is 1.16 bits per heavy atom. The van der Waals surface area contributed by atoms with Crippen LogP contribution in [0, 0.1) is 0 Å². The Bertz CT molecular complexity index is 1600. The Kier molecular flexibility index (Phi) is 6.31. The van der Waals surface area contributed by atoms with E-state index in [0.29, 0.717) is 25.3 Å². The van der Waals surface area contributed by atoms with Crippen molar-refractivity contribution in [2.45, 2.75) is 38.8 Å². The average Bonchev–Trinajstić information content (AvgIpc) is 3.46. The molecule has 1 fully saturated rings. The number of pyridine rings is 2. The van der Waals surface area contributed by atoms with Gasteiger partial charge in [-0.05, 0) is 57.0 Å². The van der Waals surface area contributed by atoms with Crippen molar-refractivity contribution >= 4 is 33.8 Å². The Hall–Kier alpha value is -4.38. The molecule has 38 heavy (non-hydrogen) atoms. The van der Waals surface area contributed by atoms with Gasteiger partial charge in [-0.2, -0.15) is 0 Å². The van der Waals surface area contributed by atoms with Crippen LogP contribution in [0.2, 0.25) is 0 Å². The molecule has 0 bridgehead atoms. The molecule has 1 aliphatic heterocycles. The molecule has 11 heteroatoms. The van der Waals surface area contributed by atoms with Crippen LogP contribution in [-0.4, -0.2) is 48.8 Å². The van der Waals surface area contributed by atoms with Gasteiger partial charge in [-0.25, -0.2) is 20.4 Å². The minimum atomic E-state index is -0.583. The molecule has 1 unspecified atom stereocenters. The van der Waals surface area contributed by atoms with Crippen LogP contribution >= 0.6 is 0 Å². The Labute approximate surface area is 219 Å². The van der Waals surface area contributed by atoms with Gasteiger partial charge in [-0.1, -0.05) is 6.07 Å². The molecule has 0 saturated carbocycles. The fourth-order valence-electron chi connectivity index (χ4n) is 4.87. The van der Waals surface area contributed by atoms with Crippen molar-refractivity contribution in [3.8, 4) is 11.1 Å². The zero-order valence-electron chi connectivity index (χ0n) is 22.0. The lowest BCUT2D eigenvalue weighted by Gasteiger charge is -2.24. The number of hydrogen-bond acceptors (Lipinski definition) is 8. The first-order valence-electron chi connectivity index (χ1n) is 12.4. The van der Waals surface area contributed by atoms with Crippen LogP contribution in [-0.2, 0) is 11.8 Å². The molecule has 5 rings (SSSR count). The number of carbonyl (C=O) groups is 1. The topological polar surface area (TPSA) is 138 Å². The SMILES string of the molecule is Cn1c(=O)n(C2CCN(C(=O)OC(C)(C)C)C2)c2c3cc(-c4ccc(N(N)/C=C\N)nc4)ccc3ncc21. The minimum Gasteiger partial charge on any atom is -0.444 e. The van der Waals surface area contributed by atoms with Gasteiger partial charge in [0.1, 0.15) is 11.4 Å². The maximum Gasteiger partial charge on any atom is 0.410 e. The number of rotatable bonds is 4. The summed E-state index contributed by atoms with van der Waals surface area (Å²) in [7, 11) is 1.75. The predicted molar refractivity (Wildman–Crippen MR) is 147 cm³/mol. The third kappa shape index (κ3) is 4.56. The second kappa shape index (κ2) is 9.49. The van der Waals surface area contributed by atoms with Crippen molar-refractivity contribution in [1.82, 2.24) is 24.0 Å². The highest BCUT2D eigenvalue weighted by Crippen LogP contribution is 2.32. The van der Waals surface area contributed by atoms with Crippen molar-refractivity contribution < 1.29 is 9.53 Å². The number of hydrazine groups is 1. The third-order valence-electron chi connectivity index (χ3n) is 6.69. The van der Waals surface area contributed by atoms with Gasteiger partial charge in [0.15, 0.2) is 0 Å². The highest BCUT2D eigenvalue weighted by atomic mass is 16.6. The van der Waals surface area contributed by atoms with E-state index in [-0.39, 0.29) is 17.8 Å². The molecule has 0 aliphatic carbocycles. The summed E-state index contributed by atoms with van der Waals surface area (Å²) in [6.07, 6.45) is 6.61. The first kappa shape index (κ1) is 25.3. The van der Waals surface area contributed by atoms with Crippen LogP contribution < -0.4 is 22.3 Å². The largest absolute Gasteiger partial charge is 0.444 e. The number of nitrogens with zero attached hydrogens (tertiary/aromatic N) is 6. The zero-order chi connectivity index (χ0) is 27.2. The van der Waals surface area contributed by atoms with Gasteiger partial charge < -0.3 is 15.4 Å². The van der Waals surface area contributed by atoms with E-state index in [9.17, 15) is 9.59 Å². The van der Waals surface area contributed by atoms with Gasteiger partial charge in [-0.3, -0.25) is 19.1 Å². The number of imidazole rings is 1. The van der Waals surface area contributed by atoms with E-state index in [1.165, 1.54) is 17.4 Å². The number of aryl methyl sites for hydroxylation is 1. The molecule has 4 heterocycles. The van der Waals surface area contributed by atoms with E-state index >= 15 is 0 Å². The van der Waals surface area contributed by atoms with Crippen LogP contribution in [0.15, 0.2) is 59.9 Å². The number of benzene rings is 1. The van der Waals surface area contributed by atoms with Gasteiger partial charge in [0.25, 0.3) is 0 Å². The summed E-state index contributed by atoms with van der Waals surface area (Å²) in [6, 6.07) is 9.49. The van der Waals surface area contributed by atoms with Crippen molar-refractivity contribution in [3.05, 3.63) is 65.6 Å². The second-order valence-electron chi connectivity index (χ2n) is 10.5.